The Kier molecular flexibility index (Phi) is 78.4. The van der Waals surface area contributed by atoms with Crippen molar-refractivity contribution >= 4 is 31.9 Å². The number of unbranched alkanes of at least 4 members (excludes halogenated alkanes) is 49. The van der Waals surface area contributed by atoms with E-state index in [0.29, 0.717) is 0 Å². The molecule has 6 nitrogen and oxygen atoms in total. The minimum Gasteiger partial charge on any atom is -0.381 e. The maximum absolute atomic E-state index is 5.94. The molecule has 0 aromatic rings. The van der Waals surface area contributed by atoms with Crippen molar-refractivity contribution in [3.8, 4) is 0 Å². The summed E-state index contributed by atoms with van der Waals surface area (Å²) in [7, 11) is 0. The van der Waals surface area contributed by atoms with E-state index < -0.39 is 0 Å². The normalized spacial score (nSPS) is 11.8. The minimum atomic E-state index is 0.961. The van der Waals surface area contributed by atoms with Gasteiger partial charge in [0.15, 0.2) is 0 Å². The zero-order valence-electron chi connectivity index (χ0n) is 52.7. The van der Waals surface area contributed by atoms with Crippen LogP contribution in [0, 0.1) is 0 Å². The van der Waals surface area contributed by atoms with Crippen LogP contribution < -0.4 is 0 Å². The molecule has 0 spiro atoms. The highest BCUT2D eigenvalue weighted by molar-refractivity contribution is 9.09. The van der Waals surface area contributed by atoms with Crippen LogP contribution in [0.3, 0.4) is 0 Å². The Hall–Kier alpha value is 0.720. The lowest BCUT2D eigenvalue weighted by atomic mass is 10.1. The molecule has 0 aromatic carbocycles. The van der Waals surface area contributed by atoms with E-state index in [0.717, 1.165) is 89.9 Å². The fourth-order valence-electron chi connectivity index (χ4n) is 10.7. The van der Waals surface area contributed by atoms with Crippen LogP contribution >= 0.6 is 31.9 Å². The summed E-state index contributed by atoms with van der Waals surface area (Å²) in [5.41, 5.74) is 0. The monoisotopic (exact) mass is 1230 g/mol. The van der Waals surface area contributed by atoms with E-state index in [4.69, 9.17) is 28.4 Å². The van der Waals surface area contributed by atoms with Crippen molar-refractivity contribution in [3.63, 3.8) is 0 Å². The van der Waals surface area contributed by atoms with Crippen molar-refractivity contribution in [3.05, 3.63) is 0 Å². The molecule has 78 heavy (non-hydrogen) atoms. The first kappa shape index (κ1) is 78.7. The third-order valence-corrected chi connectivity index (χ3v) is 17.1. The number of hydrogen-bond donors (Lipinski definition) is 0. The summed E-state index contributed by atoms with van der Waals surface area (Å²) in [5.74, 6) is 0. The quantitative estimate of drug-likeness (QED) is 0.0447. The van der Waals surface area contributed by atoms with E-state index in [2.05, 4.69) is 31.9 Å². The molecule has 0 heterocycles. The molecule has 0 saturated heterocycles. The second-order valence-electron chi connectivity index (χ2n) is 23.9. The molecule has 0 aliphatic carbocycles. The summed E-state index contributed by atoms with van der Waals surface area (Å²) in [6, 6.07) is 0. The molecule has 0 aliphatic rings. The Morgan fingerprint density at radius 3 is 0.269 bits per heavy atom. The molecule has 0 atom stereocenters. The van der Waals surface area contributed by atoms with E-state index >= 15 is 0 Å². The van der Waals surface area contributed by atoms with Crippen molar-refractivity contribution in [2.45, 2.75) is 360 Å². The zero-order chi connectivity index (χ0) is 55.7. The van der Waals surface area contributed by atoms with Gasteiger partial charge < -0.3 is 28.4 Å². The van der Waals surface area contributed by atoms with Crippen LogP contribution in [0.1, 0.15) is 360 Å². The van der Waals surface area contributed by atoms with Crippen molar-refractivity contribution in [2.24, 2.45) is 0 Å². The van der Waals surface area contributed by atoms with Gasteiger partial charge in [0.05, 0.1) is 0 Å². The molecule has 0 bridgehead atoms. The van der Waals surface area contributed by atoms with E-state index in [9.17, 15) is 0 Å². The van der Waals surface area contributed by atoms with Crippen LogP contribution in [0.2, 0.25) is 0 Å². The molecule has 0 rings (SSSR count). The highest BCUT2D eigenvalue weighted by atomic mass is 79.9. The molecule has 8 heteroatoms. The molecule has 0 aliphatic heterocycles. The highest BCUT2D eigenvalue weighted by Crippen LogP contribution is 2.16. The molecule has 470 valence electrons. The predicted octanol–water partition coefficient (Wildman–Crippen LogP) is 23.7. The molecule has 0 N–H and O–H groups in total. The van der Waals surface area contributed by atoms with E-state index in [-0.39, 0.29) is 0 Å². The summed E-state index contributed by atoms with van der Waals surface area (Å²) in [4.78, 5) is 0. The highest BCUT2D eigenvalue weighted by Gasteiger charge is 2.01. The van der Waals surface area contributed by atoms with Crippen LogP contribution in [-0.2, 0) is 28.4 Å². The maximum Gasteiger partial charge on any atom is 0.0466 e. The Morgan fingerprint density at radius 2 is 0.179 bits per heavy atom. The molecule has 0 fully saturated rings. The van der Waals surface area contributed by atoms with Crippen molar-refractivity contribution in [1.82, 2.24) is 0 Å². The van der Waals surface area contributed by atoms with Crippen LogP contribution in [-0.4, -0.2) is 89.9 Å². The molecule has 0 saturated carbocycles. The molecule has 0 aromatic heterocycles. The Labute approximate surface area is 506 Å². The summed E-state index contributed by atoms with van der Waals surface area (Å²) in [6.45, 7) is 11.6. The summed E-state index contributed by atoms with van der Waals surface area (Å²) < 4.78 is 35.4. The Balaban J connectivity index is 3.08. The van der Waals surface area contributed by atoms with Gasteiger partial charge in [0.1, 0.15) is 0 Å². The number of alkyl halides is 2. The molecule has 0 unspecified atom stereocenters. The average molecular weight is 1240 g/mol. The summed E-state index contributed by atoms with van der Waals surface area (Å²) >= 11 is 7.04. The fraction of sp³-hybridized carbons (Fsp3) is 1.00. The van der Waals surface area contributed by atoms with Crippen molar-refractivity contribution in [1.29, 1.82) is 0 Å². The van der Waals surface area contributed by atoms with Crippen molar-refractivity contribution < 1.29 is 28.4 Å². The summed E-state index contributed by atoms with van der Waals surface area (Å²) in [5, 5.41) is 2.33. The third-order valence-electron chi connectivity index (χ3n) is 16.0. The minimum absolute atomic E-state index is 0.961. The first-order valence-corrected chi connectivity index (χ1v) is 37.7. The van der Waals surface area contributed by atoms with Gasteiger partial charge in [0, 0.05) is 89.9 Å². The largest absolute Gasteiger partial charge is 0.381 e. The lowest BCUT2D eigenvalue weighted by Crippen LogP contribution is -1.98. The lowest BCUT2D eigenvalue weighted by molar-refractivity contribution is 0.124. The van der Waals surface area contributed by atoms with Crippen molar-refractivity contribution in [2.75, 3.05) is 89.9 Å². The van der Waals surface area contributed by atoms with Crippen LogP contribution in [0.15, 0.2) is 0 Å². The maximum atomic E-state index is 5.94. The van der Waals surface area contributed by atoms with Crippen LogP contribution in [0.5, 0.6) is 0 Å². The number of hydrogen-bond acceptors (Lipinski definition) is 6. The SMILES string of the molecule is BrCCCCCCCCCCOCCCCCCCCCCOCCCCCCCCCCOCCCCCCCCCCOCCCCCCCCCCOCCCCCCCCCCOCCCCCCCCCCBr. The van der Waals surface area contributed by atoms with Gasteiger partial charge in [-0.15, -0.1) is 0 Å². The third kappa shape index (κ3) is 76.7. The van der Waals surface area contributed by atoms with Crippen LogP contribution in [0.4, 0.5) is 0 Å². The number of halogens is 2. The fourth-order valence-corrected chi connectivity index (χ4v) is 11.5. The van der Waals surface area contributed by atoms with E-state index in [1.54, 1.807) is 0 Å². The first-order chi connectivity index (χ1) is 38.9. The number of ether oxygens (including phenoxy) is 6. The topological polar surface area (TPSA) is 55.4 Å². The van der Waals surface area contributed by atoms with Gasteiger partial charge in [-0.2, -0.15) is 0 Å². The average Bonchev–Trinajstić information content (AvgIpc) is 3.45. The van der Waals surface area contributed by atoms with Gasteiger partial charge in [-0.3, -0.25) is 0 Å². The molecular formula is C70H140Br2O6. The van der Waals surface area contributed by atoms with Gasteiger partial charge in [-0.25, -0.2) is 0 Å². The smallest absolute Gasteiger partial charge is 0.0466 e. The Bertz CT molecular complexity index is 917. The zero-order valence-corrected chi connectivity index (χ0v) is 55.9. The van der Waals surface area contributed by atoms with Gasteiger partial charge >= 0.3 is 0 Å². The van der Waals surface area contributed by atoms with Gasteiger partial charge in [-0.05, 0) is 89.9 Å². The van der Waals surface area contributed by atoms with Crippen LogP contribution in [0.25, 0.3) is 0 Å². The van der Waals surface area contributed by atoms with E-state index in [1.165, 1.54) is 360 Å². The lowest BCUT2D eigenvalue weighted by Gasteiger charge is -2.06. The van der Waals surface area contributed by atoms with Gasteiger partial charge in [-0.1, -0.05) is 302 Å². The second-order valence-corrected chi connectivity index (χ2v) is 25.4. The summed E-state index contributed by atoms with van der Waals surface area (Å²) in [6.07, 6.45) is 75.1. The van der Waals surface area contributed by atoms with E-state index in [1.807, 2.05) is 0 Å². The first-order valence-electron chi connectivity index (χ1n) is 35.5. The van der Waals surface area contributed by atoms with Gasteiger partial charge in [0.2, 0.25) is 0 Å². The predicted molar refractivity (Wildman–Crippen MR) is 351 cm³/mol. The number of rotatable bonds is 75. The molecular weight excluding hydrogens is 1100 g/mol. The standard InChI is InChI=1S/C70H140Br2O6/c71-57-43-29-15-1-3-17-31-45-59-73-61-47-33-19-5-7-21-35-49-63-75-65-51-37-23-9-11-25-39-53-67-77-69-55-41-27-13-14-28-42-56-70-78-68-54-40-26-12-10-24-38-52-66-76-64-50-36-22-8-6-20-34-48-62-74-60-46-32-18-4-2-16-30-44-58-72/h1-70H2. The molecule has 0 radical (unpaired) electrons. The second kappa shape index (κ2) is 77.7. The van der Waals surface area contributed by atoms with Gasteiger partial charge in [0.25, 0.3) is 0 Å². The molecule has 0 amide bonds. The Morgan fingerprint density at radius 1 is 0.103 bits per heavy atom.